The van der Waals surface area contributed by atoms with Gasteiger partial charge in [0.1, 0.15) is 0 Å². The van der Waals surface area contributed by atoms with Crippen LogP contribution in [0.5, 0.6) is 0 Å². The maximum absolute atomic E-state index is 9.00. The van der Waals surface area contributed by atoms with Gasteiger partial charge in [0, 0.05) is 15.7 Å². The van der Waals surface area contributed by atoms with Gasteiger partial charge in [0.2, 0.25) is 0 Å². The second-order valence-corrected chi connectivity index (χ2v) is 3.51. The summed E-state index contributed by atoms with van der Waals surface area (Å²) >= 11 is 0. The first kappa shape index (κ1) is 14.4. The van der Waals surface area contributed by atoms with E-state index in [1.165, 1.54) is 12.8 Å². The summed E-state index contributed by atoms with van der Waals surface area (Å²) in [7, 11) is 0. The third kappa shape index (κ3) is 4.62. The van der Waals surface area contributed by atoms with Gasteiger partial charge in [0.05, 0.1) is 13.2 Å². The summed E-state index contributed by atoms with van der Waals surface area (Å²) in [5, 5.41) is 7.42. The Labute approximate surface area is 94.5 Å². The van der Waals surface area contributed by atoms with Crippen LogP contribution < -0.4 is 0 Å². The van der Waals surface area contributed by atoms with Crippen LogP contribution >= 0.6 is 0 Å². The van der Waals surface area contributed by atoms with Crippen LogP contribution in [0.3, 0.4) is 0 Å². The normalized spacial score (nSPS) is 31.9. The molecule has 2 aliphatic heterocycles. The summed E-state index contributed by atoms with van der Waals surface area (Å²) in [6, 6.07) is 0. The largest absolute Gasteiger partial charge is 0.481 e. The van der Waals surface area contributed by atoms with Crippen LogP contribution in [0.15, 0.2) is 0 Å². The third-order valence-corrected chi connectivity index (χ3v) is 2.45. The zero-order chi connectivity index (χ0) is 11.9. The van der Waals surface area contributed by atoms with Crippen LogP contribution in [0.1, 0.15) is 43.4 Å². The molecule has 2 rings (SSSR count). The summed E-state index contributed by atoms with van der Waals surface area (Å²) in [5.74, 6) is -0.350. The molecule has 94 valence electrons. The third-order valence-electron chi connectivity index (χ3n) is 2.45. The number of carboxylic acids is 1. The molecule has 15 heavy (non-hydrogen) atoms. The van der Waals surface area contributed by atoms with Crippen LogP contribution in [-0.4, -0.2) is 30.1 Å². The van der Waals surface area contributed by atoms with E-state index in [9.17, 15) is 0 Å². The van der Waals surface area contributed by atoms with Crippen molar-refractivity contribution in [1.82, 2.24) is 0 Å². The van der Waals surface area contributed by atoms with Gasteiger partial charge in [-0.1, -0.05) is 13.8 Å². The zero-order valence-electron chi connectivity index (χ0n) is 10.1. The molecule has 2 aliphatic rings. The molecule has 0 aromatic carbocycles. The minimum absolute atomic E-state index is 0. The first-order valence-corrected chi connectivity index (χ1v) is 5.52. The van der Waals surface area contributed by atoms with Crippen LogP contribution in [0, 0.1) is 5.92 Å². The highest BCUT2D eigenvalue weighted by Crippen LogP contribution is 2.40. The lowest BCUT2D eigenvalue weighted by Crippen LogP contribution is -2.27. The molecule has 0 amide bonds. The Morgan fingerprint density at radius 2 is 1.67 bits per heavy atom. The second kappa shape index (κ2) is 6.80. The molecular weight excluding hydrogens is 196 g/mol. The lowest BCUT2D eigenvalue weighted by Gasteiger charge is -2.20. The summed E-state index contributed by atoms with van der Waals surface area (Å²) in [5.41, 5.74) is 0. The Morgan fingerprint density at radius 3 is 1.93 bits per heavy atom. The molecule has 2 heterocycles. The standard InChI is InChI=1S/C7H12O2.C2H4O2.C2H6.2H2/c1-7-6(2-4-8-7)3-5-9-7;1-2(3)4;1-2;;/h6H,2-5H2,1H3;1H3,(H,3,4);1-2H3;2*1H. The van der Waals surface area contributed by atoms with Gasteiger partial charge in [-0.3, -0.25) is 4.79 Å². The van der Waals surface area contributed by atoms with E-state index in [0.717, 1.165) is 20.1 Å². The molecule has 2 fully saturated rings. The number of fused-ring (bicyclic) bond motifs is 1. The van der Waals surface area contributed by atoms with Gasteiger partial charge in [0.15, 0.2) is 5.79 Å². The van der Waals surface area contributed by atoms with Crippen LogP contribution in [0.4, 0.5) is 0 Å². The molecule has 4 heteroatoms. The van der Waals surface area contributed by atoms with Crippen molar-refractivity contribution in [2.24, 2.45) is 5.92 Å². The zero-order valence-corrected chi connectivity index (χ0v) is 10.1. The molecule has 0 unspecified atom stereocenters. The average molecular weight is 222 g/mol. The van der Waals surface area contributed by atoms with Gasteiger partial charge < -0.3 is 14.6 Å². The van der Waals surface area contributed by atoms with Crippen molar-refractivity contribution in [1.29, 1.82) is 0 Å². The van der Waals surface area contributed by atoms with Crippen molar-refractivity contribution in [2.75, 3.05) is 13.2 Å². The first-order chi connectivity index (χ1) is 7.04. The number of hydrogen-bond donors (Lipinski definition) is 1. The molecule has 0 aromatic heterocycles. The number of carboxylic acid groups (broad SMARTS) is 1. The number of ether oxygens (including phenoxy) is 2. The molecule has 2 saturated heterocycles. The van der Waals surface area contributed by atoms with Gasteiger partial charge in [-0.25, -0.2) is 0 Å². The quantitative estimate of drug-likeness (QED) is 0.684. The summed E-state index contributed by atoms with van der Waals surface area (Å²) < 4.78 is 10.9. The highest BCUT2D eigenvalue weighted by molar-refractivity contribution is 5.62. The molecule has 4 nitrogen and oxygen atoms in total. The molecule has 0 aliphatic carbocycles. The number of carbonyl (C=O) groups is 1. The molecule has 1 N–H and O–H groups in total. The van der Waals surface area contributed by atoms with Gasteiger partial charge in [-0.2, -0.15) is 0 Å². The fraction of sp³-hybridized carbons (Fsp3) is 0.909. The van der Waals surface area contributed by atoms with E-state index < -0.39 is 5.97 Å². The fourth-order valence-corrected chi connectivity index (χ4v) is 1.75. The van der Waals surface area contributed by atoms with Crippen LogP contribution in [0.2, 0.25) is 0 Å². The fourth-order valence-electron chi connectivity index (χ4n) is 1.75. The Bertz CT molecular complexity index is 186. The van der Waals surface area contributed by atoms with E-state index in [2.05, 4.69) is 6.92 Å². The first-order valence-electron chi connectivity index (χ1n) is 5.52. The predicted octanol–water partition coefficient (Wildman–Crippen LogP) is 2.77. The van der Waals surface area contributed by atoms with Crippen molar-refractivity contribution < 1.29 is 22.2 Å². The van der Waals surface area contributed by atoms with Crippen molar-refractivity contribution in [3.63, 3.8) is 0 Å². The smallest absolute Gasteiger partial charge is 0.300 e. The van der Waals surface area contributed by atoms with E-state index in [4.69, 9.17) is 19.4 Å². The predicted molar refractivity (Wildman–Crippen MR) is 61.9 cm³/mol. The molecule has 0 radical (unpaired) electrons. The number of aliphatic carboxylic acids is 1. The lowest BCUT2D eigenvalue weighted by atomic mass is 9.99. The summed E-state index contributed by atoms with van der Waals surface area (Å²) in [4.78, 5) is 9.00. The average Bonchev–Trinajstić information content (AvgIpc) is 2.64. The highest BCUT2D eigenvalue weighted by atomic mass is 16.7. The van der Waals surface area contributed by atoms with Crippen molar-refractivity contribution in [2.45, 2.75) is 46.3 Å². The van der Waals surface area contributed by atoms with E-state index in [-0.39, 0.29) is 8.64 Å². The molecule has 0 bridgehead atoms. The molecule has 0 aromatic rings. The second-order valence-electron chi connectivity index (χ2n) is 3.51. The van der Waals surface area contributed by atoms with Gasteiger partial charge in [0.25, 0.3) is 5.97 Å². The van der Waals surface area contributed by atoms with Crippen molar-refractivity contribution >= 4 is 5.97 Å². The van der Waals surface area contributed by atoms with E-state index in [0.29, 0.717) is 5.92 Å². The molecule has 0 spiro atoms. The van der Waals surface area contributed by atoms with Crippen molar-refractivity contribution in [3.8, 4) is 0 Å². The van der Waals surface area contributed by atoms with Crippen LogP contribution in [-0.2, 0) is 14.3 Å². The lowest BCUT2D eigenvalue weighted by molar-refractivity contribution is -0.181. The van der Waals surface area contributed by atoms with Crippen LogP contribution in [0.25, 0.3) is 0 Å². The summed E-state index contributed by atoms with van der Waals surface area (Å²) in [6.07, 6.45) is 2.38. The van der Waals surface area contributed by atoms with E-state index >= 15 is 0 Å². The SMILES string of the molecule is CC.CC(=O)O.CC12OCCC1CCO2.[HH].[HH]. The van der Waals surface area contributed by atoms with Gasteiger partial charge in [-0.05, 0) is 19.8 Å². The Kier molecular flexibility index (Phi) is 6.52. The maximum Gasteiger partial charge on any atom is 0.300 e. The highest BCUT2D eigenvalue weighted by Gasteiger charge is 2.44. The number of hydrogen-bond acceptors (Lipinski definition) is 3. The Morgan fingerprint density at radius 1 is 1.33 bits per heavy atom. The van der Waals surface area contributed by atoms with Crippen molar-refractivity contribution in [3.05, 3.63) is 0 Å². The maximum atomic E-state index is 9.00. The minimum Gasteiger partial charge on any atom is -0.481 e. The topological polar surface area (TPSA) is 55.8 Å². The minimum atomic E-state index is -0.833. The molecule has 0 saturated carbocycles. The molecule has 0 atom stereocenters. The number of rotatable bonds is 0. The van der Waals surface area contributed by atoms with Gasteiger partial charge in [-0.15, -0.1) is 0 Å². The monoisotopic (exact) mass is 222 g/mol. The van der Waals surface area contributed by atoms with E-state index in [1.807, 2.05) is 13.8 Å². The van der Waals surface area contributed by atoms with Gasteiger partial charge >= 0.3 is 0 Å². The summed E-state index contributed by atoms with van der Waals surface area (Å²) in [6.45, 7) is 8.92. The Hall–Kier alpha value is -0.610. The molecular formula is C11H26O4. The Balaban J connectivity index is -0.000000217. The van der Waals surface area contributed by atoms with E-state index in [1.54, 1.807) is 0 Å².